The van der Waals surface area contributed by atoms with E-state index in [4.69, 9.17) is 19.7 Å². The molecule has 0 aliphatic rings. The first-order chi connectivity index (χ1) is 9.78. The van der Waals surface area contributed by atoms with E-state index in [1.807, 2.05) is 6.07 Å². The number of methoxy groups -OCH3 is 1. The lowest BCUT2D eigenvalue weighted by Crippen LogP contribution is -2.38. The Kier molecular flexibility index (Phi) is 8.61. The number of phenols is 1. The van der Waals surface area contributed by atoms with Crippen LogP contribution in [0.25, 0.3) is 0 Å². The van der Waals surface area contributed by atoms with E-state index in [9.17, 15) is 5.11 Å². The number of nitrogens with one attached hydrogen (secondary N) is 1. The van der Waals surface area contributed by atoms with E-state index in [-0.39, 0.29) is 30.5 Å². The highest BCUT2D eigenvalue weighted by Gasteiger charge is 2.16. The highest BCUT2D eigenvalue weighted by molar-refractivity contribution is 5.36. The van der Waals surface area contributed by atoms with Crippen LogP contribution in [0, 0.1) is 0 Å². The average Bonchev–Trinajstić information content (AvgIpc) is 2.40. The lowest BCUT2D eigenvalue weighted by Gasteiger charge is -2.25. The molecule has 0 bridgehead atoms. The molecule has 0 spiro atoms. The van der Waals surface area contributed by atoms with Crippen LogP contribution in [-0.4, -0.2) is 41.0 Å². The van der Waals surface area contributed by atoms with Gasteiger partial charge in [0.05, 0.1) is 12.7 Å². The molecular formula is C15H25NO5. The quantitative estimate of drug-likeness (QED) is 0.617. The number of benzene rings is 1. The van der Waals surface area contributed by atoms with Gasteiger partial charge in [-0.05, 0) is 38.5 Å². The summed E-state index contributed by atoms with van der Waals surface area (Å²) in [7, 11) is 1.65. The number of hydrogen-bond donors (Lipinski definition) is 4. The molecule has 0 radical (unpaired) electrons. The Balaban J connectivity index is 0.00000122. The Morgan fingerprint density at radius 3 is 2.38 bits per heavy atom. The zero-order chi connectivity index (χ0) is 16.5. The van der Waals surface area contributed by atoms with E-state index in [1.165, 1.54) is 0 Å². The van der Waals surface area contributed by atoms with Crippen molar-refractivity contribution in [3.63, 3.8) is 0 Å². The Hall–Kier alpha value is -1.63. The molecule has 21 heavy (non-hydrogen) atoms. The molecule has 0 aromatic heterocycles. The molecule has 0 saturated heterocycles. The van der Waals surface area contributed by atoms with E-state index >= 15 is 0 Å². The van der Waals surface area contributed by atoms with Gasteiger partial charge in [-0.1, -0.05) is 6.07 Å². The zero-order valence-corrected chi connectivity index (χ0v) is 13.0. The van der Waals surface area contributed by atoms with Crippen molar-refractivity contribution in [3.05, 3.63) is 29.3 Å². The second kappa shape index (κ2) is 9.33. The van der Waals surface area contributed by atoms with E-state index in [1.54, 1.807) is 19.2 Å². The summed E-state index contributed by atoms with van der Waals surface area (Å²) in [6.07, 6.45) is -0.102. The number of rotatable bonds is 5. The monoisotopic (exact) mass is 299 g/mol. The Morgan fingerprint density at radius 1 is 1.38 bits per heavy atom. The smallest absolute Gasteiger partial charge is 0.290 e. The molecule has 6 heteroatoms. The summed E-state index contributed by atoms with van der Waals surface area (Å²) in [5, 5.41) is 28.9. The van der Waals surface area contributed by atoms with Gasteiger partial charge in [-0.2, -0.15) is 0 Å². The summed E-state index contributed by atoms with van der Waals surface area (Å²) in [6.45, 7) is 6.53. The third-order valence-corrected chi connectivity index (χ3v) is 2.75. The number of aliphatic hydroxyl groups excluding tert-OH is 1. The van der Waals surface area contributed by atoms with Gasteiger partial charge >= 0.3 is 0 Å². The molecule has 1 aromatic carbocycles. The van der Waals surface area contributed by atoms with E-state index in [0.717, 1.165) is 5.56 Å². The SMILES string of the molecule is COC(CNC(C)(C)C)c1ccc(O)c(CO)c1.O=CO. The highest BCUT2D eigenvalue weighted by atomic mass is 16.5. The number of carboxylic acid groups (broad SMARTS) is 1. The zero-order valence-electron chi connectivity index (χ0n) is 13.0. The second-order valence-electron chi connectivity index (χ2n) is 5.51. The van der Waals surface area contributed by atoms with Gasteiger partial charge in [0.2, 0.25) is 0 Å². The minimum Gasteiger partial charge on any atom is -0.508 e. The fraction of sp³-hybridized carbons (Fsp3) is 0.533. The maximum Gasteiger partial charge on any atom is 0.290 e. The summed E-state index contributed by atoms with van der Waals surface area (Å²) in [5.74, 6) is 0.111. The average molecular weight is 299 g/mol. The topological polar surface area (TPSA) is 99.0 Å². The van der Waals surface area contributed by atoms with Crippen molar-refractivity contribution in [1.82, 2.24) is 5.32 Å². The van der Waals surface area contributed by atoms with Crippen LogP contribution in [0.4, 0.5) is 0 Å². The van der Waals surface area contributed by atoms with Gasteiger partial charge in [0, 0.05) is 24.8 Å². The van der Waals surface area contributed by atoms with E-state index < -0.39 is 0 Å². The maximum atomic E-state index is 9.53. The van der Waals surface area contributed by atoms with Crippen LogP contribution in [0.5, 0.6) is 5.75 Å². The molecule has 0 aliphatic heterocycles. The molecule has 0 amide bonds. The summed E-state index contributed by atoms with van der Waals surface area (Å²) < 4.78 is 5.45. The van der Waals surface area contributed by atoms with Gasteiger partial charge in [-0.25, -0.2) is 0 Å². The Morgan fingerprint density at radius 2 is 1.95 bits per heavy atom. The van der Waals surface area contributed by atoms with Crippen LogP contribution in [0.1, 0.15) is 38.0 Å². The molecule has 0 aliphatic carbocycles. The molecule has 6 nitrogen and oxygen atoms in total. The number of ether oxygens (including phenoxy) is 1. The fourth-order valence-corrected chi connectivity index (χ4v) is 1.67. The first kappa shape index (κ1) is 19.4. The van der Waals surface area contributed by atoms with Crippen molar-refractivity contribution in [3.8, 4) is 5.75 Å². The van der Waals surface area contributed by atoms with Crippen molar-refractivity contribution in [2.45, 2.75) is 39.0 Å². The van der Waals surface area contributed by atoms with Crippen LogP contribution >= 0.6 is 0 Å². The van der Waals surface area contributed by atoms with Crippen LogP contribution in [0.15, 0.2) is 18.2 Å². The molecule has 4 N–H and O–H groups in total. The Bertz CT molecular complexity index is 429. The summed E-state index contributed by atoms with van der Waals surface area (Å²) in [6, 6.07) is 5.17. The third-order valence-electron chi connectivity index (χ3n) is 2.75. The number of carbonyl (C=O) groups is 1. The van der Waals surface area contributed by atoms with Crippen molar-refractivity contribution in [2.75, 3.05) is 13.7 Å². The van der Waals surface area contributed by atoms with Crippen LogP contribution in [-0.2, 0) is 16.1 Å². The lowest BCUT2D eigenvalue weighted by atomic mass is 10.0. The second-order valence-corrected chi connectivity index (χ2v) is 5.51. The number of aliphatic hydroxyl groups is 1. The highest BCUT2D eigenvalue weighted by Crippen LogP contribution is 2.24. The molecule has 0 heterocycles. The van der Waals surface area contributed by atoms with Gasteiger partial charge in [0.1, 0.15) is 5.75 Å². The molecule has 1 unspecified atom stereocenters. The van der Waals surface area contributed by atoms with Crippen LogP contribution in [0.3, 0.4) is 0 Å². The predicted molar refractivity (Wildman–Crippen MR) is 80.2 cm³/mol. The van der Waals surface area contributed by atoms with Gasteiger partial charge in [-0.15, -0.1) is 0 Å². The maximum absolute atomic E-state index is 9.53. The summed E-state index contributed by atoms with van der Waals surface area (Å²) in [5.41, 5.74) is 1.48. The summed E-state index contributed by atoms with van der Waals surface area (Å²) >= 11 is 0. The molecule has 1 aromatic rings. The van der Waals surface area contributed by atoms with Gasteiger partial charge in [0.25, 0.3) is 6.47 Å². The van der Waals surface area contributed by atoms with Gasteiger partial charge in [-0.3, -0.25) is 4.79 Å². The van der Waals surface area contributed by atoms with Gasteiger partial charge in [0.15, 0.2) is 0 Å². The molecule has 1 atom stereocenters. The van der Waals surface area contributed by atoms with Crippen molar-refractivity contribution < 1.29 is 24.9 Å². The molecular weight excluding hydrogens is 274 g/mol. The lowest BCUT2D eigenvalue weighted by molar-refractivity contribution is -0.122. The third kappa shape index (κ3) is 7.65. The van der Waals surface area contributed by atoms with Gasteiger partial charge < -0.3 is 25.4 Å². The standard InChI is InChI=1S/C14H23NO3.CH2O2/c1-14(2,3)15-8-13(18-4)10-5-6-12(17)11(7-10)9-16;2-1-3/h5-7,13,15-17H,8-9H2,1-4H3;1H,(H,2,3). The van der Waals surface area contributed by atoms with E-state index in [2.05, 4.69) is 26.1 Å². The van der Waals surface area contributed by atoms with E-state index in [0.29, 0.717) is 12.1 Å². The number of hydrogen-bond acceptors (Lipinski definition) is 5. The molecule has 120 valence electrons. The normalized spacial score (nSPS) is 12.2. The Labute approximate surface area is 125 Å². The van der Waals surface area contributed by atoms with Crippen molar-refractivity contribution in [1.29, 1.82) is 0 Å². The van der Waals surface area contributed by atoms with Crippen molar-refractivity contribution >= 4 is 6.47 Å². The van der Waals surface area contributed by atoms with Crippen LogP contribution < -0.4 is 5.32 Å². The summed E-state index contributed by atoms with van der Waals surface area (Å²) in [4.78, 5) is 8.36. The fourth-order valence-electron chi connectivity index (χ4n) is 1.67. The first-order valence-electron chi connectivity index (χ1n) is 6.57. The molecule has 0 saturated carbocycles. The minimum atomic E-state index is -0.250. The minimum absolute atomic E-state index is 0.0213. The predicted octanol–water partition coefficient (Wildman–Crippen LogP) is 1.66. The first-order valence-corrected chi connectivity index (χ1v) is 6.57. The molecule has 1 rings (SSSR count). The molecule has 0 fully saturated rings. The van der Waals surface area contributed by atoms with Crippen LogP contribution in [0.2, 0.25) is 0 Å². The largest absolute Gasteiger partial charge is 0.508 e. The number of aromatic hydroxyl groups is 1. The van der Waals surface area contributed by atoms with Crippen molar-refractivity contribution in [2.24, 2.45) is 0 Å².